The molecule has 0 N–H and O–H groups in total. The number of benzene rings is 2. The monoisotopic (exact) mass is 403 g/mol. The molecule has 0 aliphatic carbocycles. The lowest BCUT2D eigenvalue weighted by molar-refractivity contribution is 0.804. The Morgan fingerprint density at radius 2 is 1.08 bits per heavy atom. The van der Waals surface area contributed by atoms with Crippen LogP contribution in [0, 0.1) is 0 Å². The zero-order chi connectivity index (χ0) is 19.3. The molecule has 0 aliphatic heterocycles. The second kappa shape index (κ2) is 9.17. The van der Waals surface area contributed by atoms with E-state index < -0.39 is 5.42 Å². The van der Waals surface area contributed by atoms with Crippen molar-refractivity contribution in [1.82, 2.24) is 0 Å². The zero-order valence-corrected chi connectivity index (χ0v) is 19.4. The van der Waals surface area contributed by atoms with Gasteiger partial charge >= 0.3 is 0 Å². The highest BCUT2D eigenvalue weighted by Gasteiger charge is 2.31. The molecule has 0 fully saturated rings. The molecule has 0 unspecified atom stereocenters. The Morgan fingerprint density at radius 1 is 0.654 bits per heavy atom. The van der Waals surface area contributed by atoms with Crippen molar-refractivity contribution in [2.24, 2.45) is 0 Å². The largest absolute Gasteiger partial charge is 0.333 e. The number of rotatable bonds is 7. The molecule has 2 aromatic carbocycles. The summed E-state index contributed by atoms with van der Waals surface area (Å²) in [6, 6.07) is 22.1. The first-order valence-corrected chi connectivity index (χ1v) is 12.2. The molecule has 0 atom stereocenters. The lowest BCUT2D eigenvalue weighted by Crippen LogP contribution is -2.52. The van der Waals surface area contributed by atoms with E-state index in [0.29, 0.717) is 0 Å². The first-order valence-electron chi connectivity index (χ1n) is 9.35. The average molecular weight is 404 g/mol. The van der Waals surface area contributed by atoms with Crippen LogP contribution in [-0.2, 0) is 0 Å². The first-order chi connectivity index (χ1) is 12.1. The minimum absolute atomic E-state index is 0.269. The minimum Gasteiger partial charge on any atom is -0.333 e. The Kier molecular flexibility index (Phi) is 7.70. The second-order valence-electron chi connectivity index (χ2n) is 8.84. The van der Waals surface area contributed by atoms with Gasteiger partial charge in [-0.2, -0.15) is 29.0 Å². The standard InChI is InChI=1S/C22H32BS3/c1-21(2,3)24-17-23(18-25-22(4,5)6,19-13-9-7-10-14-19)26-20-15-11-8-12-16-20/h7-16H,17-18H2,1-6H3/q-1. The van der Waals surface area contributed by atoms with Crippen LogP contribution in [-0.4, -0.2) is 26.2 Å². The highest BCUT2D eigenvalue weighted by molar-refractivity contribution is 8.34. The third kappa shape index (κ3) is 7.29. The summed E-state index contributed by atoms with van der Waals surface area (Å²) < 4.78 is 0.539. The summed E-state index contributed by atoms with van der Waals surface area (Å²) >= 11 is 6.29. The Labute approximate surface area is 173 Å². The molecule has 0 aliphatic rings. The van der Waals surface area contributed by atoms with Crippen LogP contribution in [0.3, 0.4) is 0 Å². The molecule has 2 aromatic rings. The maximum atomic E-state index is 2.34. The molecular formula is C22H32BS3-. The summed E-state index contributed by atoms with van der Waals surface area (Å²) in [7, 11) is 0. The fraction of sp³-hybridized carbons (Fsp3) is 0.455. The van der Waals surface area contributed by atoms with Gasteiger partial charge < -0.3 is 11.6 Å². The summed E-state index contributed by atoms with van der Waals surface area (Å²) in [5.74, 6) is 0. The van der Waals surface area contributed by atoms with Gasteiger partial charge in [0.05, 0.1) is 0 Å². The molecule has 0 saturated heterocycles. The third-order valence-electron chi connectivity index (χ3n) is 4.08. The minimum atomic E-state index is -0.776. The molecular weight excluding hydrogens is 371 g/mol. The van der Waals surface area contributed by atoms with Gasteiger partial charge in [0.15, 0.2) is 0 Å². The van der Waals surface area contributed by atoms with Gasteiger partial charge in [-0.25, -0.2) is 0 Å². The average Bonchev–Trinajstić information content (AvgIpc) is 2.58. The van der Waals surface area contributed by atoms with Gasteiger partial charge in [-0.15, -0.1) is 11.3 Å². The highest BCUT2D eigenvalue weighted by atomic mass is 32.2. The summed E-state index contributed by atoms with van der Waals surface area (Å²) in [6.45, 7) is 14.0. The maximum Gasteiger partial charge on any atom is 0.105 e. The Balaban J connectivity index is 2.42. The van der Waals surface area contributed by atoms with Crippen LogP contribution in [0.15, 0.2) is 65.6 Å². The summed E-state index contributed by atoms with van der Waals surface area (Å²) in [6.07, 6.45) is 0. The number of hydrogen-bond donors (Lipinski definition) is 0. The predicted molar refractivity (Wildman–Crippen MR) is 129 cm³/mol. The van der Waals surface area contributed by atoms with E-state index in [1.165, 1.54) is 10.4 Å². The molecule has 0 saturated carbocycles. The van der Waals surface area contributed by atoms with Crippen molar-refractivity contribution in [2.45, 2.75) is 55.9 Å². The Hall–Kier alpha value is -0.445. The quantitative estimate of drug-likeness (QED) is 0.468. The van der Waals surface area contributed by atoms with Gasteiger partial charge in [0.25, 0.3) is 0 Å². The molecule has 0 amide bonds. The van der Waals surface area contributed by atoms with Gasteiger partial charge in [0.1, 0.15) is 5.42 Å². The molecule has 0 spiro atoms. The molecule has 142 valence electrons. The van der Waals surface area contributed by atoms with Gasteiger partial charge in [0.2, 0.25) is 0 Å². The number of thioether (sulfide) groups is 2. The van der Waals surface area contributed by atoms with E-state index in [2.05, 4.69) is 137 Å². The summed E-state index contributed by atoms with van der Waals surface area (Å²) in [5, 5.41) is 0. The van der Waals surface area contributed by atoms with Crippen LogP contribution in [0.4, 0.5) is 0 Å². The first kappa shape index (κ1) is 21.9. The lowest BCUT2D eigenvalue weighted by atomic mass is 9.46. The molecule has 0 nitrogen and oxygen atoms in total. The van der Waals surface area contributed by atoms with Crippen molar-refractivity contribution in [1.29, 1.82) is 0 Å². The van der Waals surface area contributed by atoms with Crippen molar-refractivity contribution in [3.63, 3.8) is 0 Å². The van der Waals surface area contributed by atoms with Crippen LogP contribution in [0.25, 0.3) is 0 Å². The van der Waals surface area contributed by atoms with Crippen LogP contribution in [0.5, 0.6) is 0 Å². The molecule has 0 radical (unpaired) electrons. The van der Waals surface area contributed by atoms with Gasteiger partial charge in [0, 0.05) is 9.49 Å². The van der Waals surface area contributed by atoms with E-state index in [1.807, 2.05) is 0 Å². The van der Waals surface area contributed by atoms with Gasteiger partial charge in [-0.1, -0.05) is 102 Å². The van der Waals surface area contributed by atoms with E-state index >= 15 is 0 Å². The molecule has 26 heavy (non-hydrogen) atoms. The maximum absolute atomic E-state index is 2.34. The van der Waals surface area contributed by atoms with Crippen molar-refractivity contribution < 1.29 is 0 Å². The smallest absolute Gasteiger partial charge is 0.105 e. The summed E-state index contributed by atoms with van der Waals surface area (Å²) in [5.41, 5.74) is 3.05. The topological polar surface area (TPSA) is 0 Å². The molecule has 2 rings (SSSR count). The van der Waals surface area contributed by atoms with Gasteiger partial charge in [-0.05, 0) is 4.90 Å². The van der Waals surface area contributed by atoms with Crippen molar-refractivity contribution in [3.8, 4) is 0 Å². The lowest BCUT2D eigenvalue weighted by Gasteiger charge is -2.43. The van der Waals surface area contributed by atoms with E-state index in [1.54, 1.807) is 0 Å². The van der Waals surface area contributed by atoms with Gasteiger partial charge in [-0.3, -0.25) is 0 Å². The SMILES string of the molecule is CC(C)(C)SC[B-](CSC(C)(C)C)(Sc1ccccc1)c1ccccc1. The normalized spacial score (nSPS) is 13.0. The van der Waals surface area contributed by atoms with Crippen LogP contribution < -0.4 is 5.46 Å². The Morgan fingerprint density at radius 3 is 1.50 bits per heavy atom. The van der Waals surface area contributed by atoms with E-state index in [-0.39, 0.29) is 9.49 Å². The zero-order valence-electron chi connectivity index (χ0n) is 17.0. The van der Waals surface area contributed by atoms with Crippen molar-refractivity contribution in [2.75, 3.05) is 11.3 Å². The molecule has 0 heterocycles. The predicted octanol–water partition coefficient (Wildman–Crippen LogP) is 6.77. The highest BCUT2D eigenvalue weighted by Crippen LogP contribution is 2.39. The van der Waals surface area contributed by atoms with Crippen LogP contribution in [0.2, 0.25) is 0 Å². The molecule has 0 aromatic heterocycles. The third-order valence-corrected chi connectivity index (χ3v) is 9.31. The fourth-order valence-electron chi connectivity index (χ4n) is 2.71. The Bertz CT molecular complexity index is 639. The van der Waals surface area contributed by atoms with Crippen molar-refractivity contribution in [3.05, 3.63) is 60.7 Å². The summed E-state index contributed by atoms with van der Waals surface area (Å²) in [4.78, 5) is 1.38. The fourth-order valence-corrected chi connectivity index (χ4v) is 7.10. The van der Waals surface area contributed by atoms with E-state index in [9.17, 15) is 0 Å². The van der Waals surface area contributed by atoms with E-state index in [4.69, 9.17) is 0 Å². The van der Waals surface area contributed by atoms with E-state index in [0.717, 1.165) is 11.3 Å². The van der Waals surface area contributed by atoms with Crippen molar-refractivity contribution >= 4 is 46.0 Å². The van der Waals surface area contributed by atoms with Crippen LogP contribution >= 0.6 is 35.1 Å². The van der Waals surface area contributed by atoms with Crippen LogP contribution in [0.1, 0.15) is 41.5 Å². The second-order valence-corrected chi connectivity index (χ2v) is 14.1. The number of hydrogen-bond acceptors (Lipinski definition) is 3. The molecule has 0 bridgehead atoms. The molecule has 4 heteroatoms.